The van der Waals surface area contributed by atoms with Crippen molar-refractivity contribution >= 4 is 17.5 Å². The Labute approximate surface area is 136 Å². The maximum atomic E-state index is 12.6. The lowest BCUT2D eigenvalue weighted by Crippen LogP contribution is -2.42. The molecule has 5 nitrogen and oxygen atoms in total. The Morgan fingerprint density at radius 3 is 2.65 bits per heavy atom. The first-order valence-electron chi connectivity index (χ1n) is 8.28. The Bertz CT molecular complexity index is 635. The lowest BCUT2D eigenvalue weighted by molar-refractivity contribution is -0.116. The first-order valence-corrected chi connectivity index (χ1v) is 8.28. The van der Waals surface area contributed by atoms with Gasteiger partial charge in [0, 0.05) is 38.3 Å². The second kappa shape index (κ2) is 5.96. The van der Waals surface area contributed by atoms with Gasteiger partial charge in [0.25, 0.3) is 5.91 Å². The number of carbonyl (C=O) groups is 2. The Morgan fingerprint density at radius 1 is 1.30 bits per heavy atom. The zero-order chi connectivity index (χ0) is 16.6. The summed E-state index contributed by atoms with van der Waals surface area (Å²) in [6, 6.07) is 5.52. The fourth-order valence-corrected chi connectivity index (χ4v) is 3.79. The monoisotopic (exact) mass is 316 g/mol. The van der Waals surface area contributed by atoms with Crippen LogP contribution in [0.5, 0.6) is 0 Å². The SMILES string of the molecule is CC(=O)N1CCc2cc(C(=O)N(C)CC3(O)CCCC3)ccc21. The number of amides is 2. The normalized spacial score (nSPS) is 18.8. The summed E-state index contributed by atoms with van der Waals surface area (Å²) in [6.45, 7) is 2.62. The Balaban J connectivity index is 1.74. The van der Waals surface area contributed by atoms with Gasteiger partial charge in [-0.05, 0) is 43.0 Å². The van der Waals surface area contributed by atoms with Gasteiger partial charge in [0.1, 0.15) is 0 Å². The van der Waals surface area contributed by atoms with Crippen molar-refractivity contribution in [1.29, 1.82) is 0 Å². The van der Waals surface area contributed by atoms with Crippen molar-refractivity contribution in [3.8, 4) is 0 Å². The molecule has 1 aliphatic heterocycles. The number of likely N-dealkylation sites (N-methyl/N-ethyl adjacent to an activating group) is 1. The summed E-state index contributed by atoms with van der Waals surface area (Å²) in [5.74, 6) is -0.0437. The second-order valence-electron chi connectivity index (χ2n) is 6.86. The van der Waals surface area contributed by atoms with Crippen LogP contribution in [-0.2, 0) is 11.2 Å². The van der Waals surface area contributed by atoms with Gasteiger partial charge in [0.05, 0.1) is 5.60 Å². The van der Waals surface area contributed by atoms with E-state index in [0.717, 1.165) is 43.4 Å². The second-order valence-corrected chi connectivity index (χ2v) is 6.86. The molecule has 2 aliphatic rings. The molecule has 1 aromatic rings. The average molecular weight is 316 g/mol. The van der Waals surface area contributed by atoms with Crippen LogP contribution < -0.4 is 4.90 Å². The van der Waals surface area contributed by atoms with E-state index in [2.05, 4.69) is 0 Å². The maximum Gasteiger partial charge on any atom is 0.253 e. The summed E-state index contributed by atoms with van der Waals surface area (Å²) in [7, 11) is 1.74. The number of fused-ring (bicyclic) bond motifs is 1. The molecule has 1 saturated carbocycles. The standard InChI is InChI=1S/C18H24N2O3/c1-13(21)20-10-7-14-11-15(5-6-16(14)20)17(22)19(2)12-18(23)8-3-4-9-18/h5-6,11,23H,3-4,7-10,12H2,1-2H3. The van der Waals surface area contributed by atoms with Gasteiger partial charge in [-0.1, -0.05) is 12.8 Å². The molecule has 0 saturated heterocycles. The number of hydrogen-bond donors (Lipinski definition) is 1. The van der Waals surface area contributed by atoms with Gasteiger partial charge in [0.15, 0.2) is 0 Å². The summed E-state index contributed by atoms with van der Waals surface area (Å²) in [4.78, 5) is 27.6. The smallest absolute Gasteiger partial charge is 0.253 e. The molecule has 124 valence electrons. The zero-order valence-electron chi connectivity index (χ0n) is 13.8. The molecule has 0 unspecified atom stereocenters. The van der Waals surface area contributed by atoms with Crippen LogP contribution in [0.1, 0.15) is 48.5 Å². The minimum atomic E-state index is -0.730. The fourth-order valence-electron chi connectivity index (χ4n) is 3.79. The van der Waals surface area contributed by atoms with Gasteiger partial charge in [-0.15, -0.1) is 0 Å². The van der Waals surface area contributed by atoms with Gasteiger partial charge in [-0.25, -0.2) is 0 Å². The van der Waals surface area contributed by atoms with Crippen molar-refractivity contribution in [3.63, 3.8) is 0 Å². The van der Waals surface area contributed by atoms with Crippen LogP contribution in [0.4, 0.5) is 5.69 Å². The molecule has 1 fully saturated rings. The molecule has 0 atom stereocenters. The van der Waals surface area contributed by atoms with Gasteiger partial charge in [0.2, 0.25) is 5.91 Å². The van der Waals surface area contributed by atoms with Gasteiger partial charge >= 0.3 is 0 Å². The minimum Gasteiger partial charge on any atom is -0.388 e. The average Bonchev–Trinajstić information content (AvgIpc) is 3.11. The molecule has 23 heavy (non-hydrogen) atoms. The first-order chi connectivity index (χ1) is 10.9. The van der Waals surface area contributed by atoms with E-state index in [0.29, 0.717) is 18.7 Å². The molecule has 0 aromatic heterocycles. The quantitative estimate of drug-likeness (QED) is 0.927. The van der Waals surface area contributed by atoms with Crippen LogP contribution in [0, 0.1) is 0 Å². The van der Waals surface area contributed by atoms with Crippen molar-refractivity contribution in [1.82, 2.24) is 4.90 Å². The van der Waals surface area contributed by atoms with E-state index in [9.17, 15) is 14.7 Å². The zero-order valence-corrected chi connectivity index (χ0v) is 13.8. The summed E-state index contributed by atoms with van der Waals surface area (Å²) < 4.78 is 0. The molecule has 1 aliphatic carbocycles. The topological polar surface area (TPSA) is 60.9 Å². The number of benzene rings is 1. The van der Waals surface area contributed by atoms with E-state index in [1.807, 2.05) is 12.1 Å². The highest BCUT2D eigenvalue weighted by Gasteiger charge is 2.34. The van der Waals surface area contributed by atoms with Crippen molar-refractivity contribution in [2.75, 3.05) is 25.0 Å². The van der Waals surface area contributed by atoms with E-state index in [1.165, 1.54) is 0 Å². The number of carbonyl (C=O) groups excluding carboxylic acids is 2. The van der Waals surface area contributed by atoms with Crippen LogP contribution >= 0.6 is 0 Å². The molecule has 2 amide bonds. The molecular formula is C18H24N2O3. The number of hydrogen-bond acceptors (Lipinski definition) is 3. The van der Waals surface area contributed by atoms with Gasteiger partial charge in [-0.3, -0.25) is 9.59 Å². The molecule has 0 spiro atoms. The van der Waals surface area contributed by atoms with Crippen LogP contribution in [0.25, 0.3) is 0 Å². The van der Waals surface area contributed by atoms with Crippen LogP contribution in [-0.4, -0.2) is 47.6 Å². The van der Waals surface area contributed by atoms with E-state index < -0.39 is 5.60 Å². The molecule has 5 heteroatoms. The summed E-state index contributed by atoms with van der Waals surface area (Å²) >= 11 is 0. The molecule has 0 bridgehead atoms. The summed E-state index contributed by atoms with van der Waals surface area (Å²) in [5.41, 5.74) is 1.84. The first kappa shape index (κ1) is 16.0. The van der Waals surface area contributed by atoms with Crippen LogP contribution in [0.3, 0.4) is 0 Å². The Morgan fingerprint density at radius 2 is 2.00 bits per heavy atom. The van der Waals surface area contributed by atoms with Gasteiger partial charge < -0.3 is 14.9 Å². The highest BCUT2D eigenvalue weighted by molar-refractivity contribution is 5.97. The molecule has 3 rings (SSSR count). The maximum absolute atomic E-state index is 12.6. The highest BCUT2D eigenvalue weighted by atomic mass is 16.3. The van der Waals surface area contributed by atoms with Crippen molar-refractivity contribution < 1.29 is 14.7 Å². The Hall–Kier alpha value is -1.88. The van der Waals surface area contributed by atoms with Crippen molar-refractivity contribution in [3.05, 3.63) is 29.3 Å². The number of nitrogens with zero attached hydrogens (tertiary/aromatic N) is 2. The fraction of sp³-hybridized carbons (Fsp3) is 0.556. The predicted octanol–water partition coefficient (Wildman–Crippen LogP) is 1.97. The third-order valence-electron chi connectivity index (χ3n) is 5.01. The largest absolute Gasteiger partial charge is 0.388 e. The lowest BCUT2D eigenvalue weighted by atomic mass is 10.0. The van der Waals surface area contributed by atoms with Crippen LogP contribution in [0.2, 0.25) is 0 Å². The van der Waals surface area contributed by atoms with E-state index in [1.54, 1.807) is 29.8 Å². The van der Waals surface area contributed by atoms with Crippen LogP contribution in [0.15, 0.2) is 18.2 Å². The van der Waals surface area contributed by atoms with Crippen molar-refractivity contribution in [2.24, 2.45) is 0 Å². The third-order valence-corrected chi connectivity index (χ3v) is 5.01. The number of rotatable bonds is 3. The highest BCUT2D eigenvalue weighted by Crippen LogP contribution is 2.31. The molecule has 1 N–H and O–H groups in total. The number of aliphatic hydroxyl groups is 1. The minimum absolute atomic E-state index is 0.0309. The lowest BCUT2D eigenvalue weighted by Gasteiger charge is -2.28. The molecule has 1 heterocycles. The third kappa shape index (κ3) is 3.11. The van der Waals surface area contributed by atoms with E-state index in [-0.39, 0.29) is 11.8 Å². The van der Waals surface area contributed by atoms with E-state index >= 15 is 0 Å². The van der Waals surface area contributed by atoms with E-state index in [4.69, 9.17) is 0 Å². The summed E-state index contributed by atoms with van der Waals surface area (Å²) in [6.07, 6.45) is 4.37. The molecule has 0 radical (unpaired) electrons. The van der Waals surface area contributed by atoms with Gasteiger partial charge in [-0.2, -0.15) is 0 Å². The molecular weight excluding hydrogens is 292 g/mol. The molecule has 1 aromatic carbocycles. The predicted molar refractivity (Wildman–Crippen MR) is 88.6 cm³/mol. The van der Waals surface area contributed by atoms with Crippen molar-refractivity contribution in [2.45, 2.75) is 44.6 Å². The number of anilines is 1. The summed E-state index contributed by atoms with van der Waals surface area (Å²) in [5, 5.41) is 10.5. The Kier molecular flexibility index (Phi) is 4.15.